The van der Waals surface area contributed by atoms with Gasteiger partial charge >= 0.3 is 0 Å². The van der Waals surface area contributed by atoms with Gasteiger partial charge in [0.05, 0.1) is 23.0 Å². The van der Waals surface area contributed by atoms with Crippen LogP contribution in [0.1, 0.15) is 25.1 Å². The lowest BCUT2D eigenvalue weighted by molar-refractivity contribution is -0.123. The van der Waals surface area contributed by atoms with E-state index in [0.29, 0.717) is 13.0 Å². The number of hydrogen-bond acceptors (Lipinski definition) is 3. The highest BCUT2D eigenvalue weighted by Gasteiger charge is 2.35. The average Bonchev–Trinajstić information content (AvgIpc) is 3.32. The van der Waals surface area contributed by atoms with E-state index in [-0.39, 0.29) is 11.4 Å². The van der Waals surface area contributed by atoms with Gasteiger partial charge in [0.25, 0.3) is 0 Å². The average molecular weight is 383 g/mol. The minimum Gasteiger partial charge on any atom is -0.356 e. The van der Waals surface area contributed by atoms with E-state index in [0.717, 1.165) is 47.6 Å². The molecular weight excluding hydrogens is 356 g/mol. The topological polar surface area (TPSA) is 51.9 Å². The van der Waals surface area contributed by atoms with Gasteiger partial charge in [-0.25, -0.2) is 4.98 Å². The van der Waals surface area contributed by atoms with E-state index < -0.39 is 0 Å². The SMILES string of the molecule is Cn1c(CCNC(=O)CC2(n3cccc3)CCSCC2)nc2ccccc21. The Labute approximate surface area is 164 Å². The van der Waals surface area contributed by atoms with Crippen LogP contribution in [-0.2, 0) is 23.8 Å². The first kappa shape index (κ1) is 18.2. The predicted octanol–water partition coefficient (Wildman–Crippen LogP) is 3.35. The number of nitrogens with zero attached hydrogens (tertiary/aromatic N) is 3. The summed E-state index contributed by atoms with van der Waals surface area (Å²) in [6.07, 6.45) is 7.58. The quantitative estimate of drug-likeness (QED) is 0.711. The lowest BCUT2D eigenvalue weighted by atomic mass is 9.87. The van der Waals surface area contributed by atoms with Gasteiger partial charge in [0, 0.05) is 32.4 Å². The van der Waals surface area contributed by atoms with Crippen molar-refractivity contribution in [3.8, 4) is 0 Å². The van der Waals surface area contributed by atoms with Crippen LogP contribution in [0.4, 0.5) is 0 Å². The number of thioether (sulfide) groups is 1. The summed E-state index contributed by atoms with van der Waals surface area (Å²) in [6, 6.07) is 12.2. The van der Waals surface area contributed by atoms with Crippen molar-refractivity contribution in [3.63, 3.8) is 0 Å². The second-order valence-corrected chi connectivity index (χ2v) is 8.50. The van der Waals surface area contributed by atoms with Crippen LogP contribution in [0.3, 0.4) is 0 Å². The van der Waals surface area contributed by atoms with Gasteiger partial charge in [0.2, 0.25) is 5.91 Å². The first-order chi connectivity index (χ1) is 13.2. The van der Waals surface area contributed by atoms with E-state index in [2.05, 4.69) is 37.9 Å². The molecule has 6 heteroatoms. The molecule has 142 valence electrons. The molecule has 27 heavy (non-hydrogen) atoms. The van der Waals surface area contributed by atoms with Crippen molar-refractivity contribution in [2.45, 2.75) is 31.2 Å². The Kier molecular flexibility index (Phi) is 5.25. The summed E-state index contributed by atoms with van der Waals surface area (Å²) in [4.78, 5) is 17.4. The summed E-state index contributed by atoms with van der Waals surface area (Å²) in [5.74, 6) is 3.37. The minimum absolute atomic E-state index is 0.0727. The van der Waals surface area contributed by atoms with E-state index in [1.165, 1.54) is 0 Å². The molecule has 4 rings (SSSR count). The van der Waals surface area contributed by atoms with E-state index >= 15 is 0 Å². The van der Waals surface area contributed by atoms with Crippen LogP contribution in [0.15, 0.2) is 48.8 Å². The number of nitrogens with one attached hydrogen (secondary N) is 1. The van der Waals surface area contributed by atoms with E-state index in [9.17, 15) is 4.79 Å². The summed E-state index contributed by atoms with van der Waals surface area (Å²) in [7, 11) is 2.03. The summed E-state index contributed by atoms with van der Waals surface area (Å²) >= 11 is 1.98. The van der Waals surface area contributed by atoms with Crippen LogP contribution in [-0.4, -0.2) is 38.1 Å². The molecule has 0 bridgehead atoms. The zero-order chi connectivity index (χ0) is 18.7. The molecule has 0 saturated carbocycles. The van der Waals surface area contributed by atoms with Gasteiger partial charge in [-0.2, -0.15) is 11.8 Å². The third-order valence-corrected chi connectivity index (χ3v) is 6.60. The number of carbonyl (C=O) groups excluding carboxylic acids is 1. The van der Waals surface area contributed by atoms with Gasteiger partial charge < -0.3 is 14.5 Å². The molecule has 2 aromatic heterocycles. The Morgan fingerprint density at radius 2 is 1.93 bits per heavy atom. The van der Waals surface area contributed by atoms with Crippen molar-refractivity contribution in [2.24, 2.45) is 7.05 Å². The lowest BCUT2D eigenvalue weighted by Crippen LogP contribution is -2.42. The van der Waals surface area contributed by atoms with Gasteiger partial charge in [0.1, 0.15) is 5.82 Å². The highest BCUT2D eigenvalue weighted by molar-refractivity contribution is 7.99. The van der Waals surface area contributed by atoms with Crippen molar-refractivity contribution in [1.29, 1.82) is 0 Å². The fraction of sp³-hybridized carbons (Fsp3) is 0.429. The Morgan fingerprint density at radius 1 is 1.19 bits per heavy atom. The summed E-state index contributed by atoms with van der Waals surface area (Å²) in [5, 5.41) is 3.12. The molecule has 3 aromatic rings. The fourth-order valence-corrected chi connectivity index (χ4v) is 5.28. The molecule has 1 aromatic carbocycles. The summed E-state index contributed by atoms with van der Waals surface area (Å²) < 4.78 is 4.36. The Hall–Kier alpha value is -2.21. The van der Waals surface area contributed by atoms with Gasteiger partial charge in [0.15, 0.2) is 0 Å². The third-order valence-electron chi connectivity index (χ3n) is 5.62. The largest absolute Gasteiger partial charge is 0.356 e. The number of imidazole rings is 1. The molecule has 0 spiro atoms. The molecule has 0 unspecified atom stereocenters. The Morgan fingerprint density at radius 3 is 2.67 bits per heavy atom. The lowest BCUT2D eigenvalue weighted by Gasteiger charge is -2.38. The maximum absolute atomic E-state index is 12.7. The highest BCUT2D eigenvalue weighted by Crippen LogP contribution is 2.36. The van der Waals surface area contributed by atoms with Crippen molar-refractivity contribution in [1.82, 2.24) is 19.4 Å². The van der Waals surface area contributed by atoms with E-state index in [4.69, 9.17) is 0 Å². The van der Waals surface area contributed by atoms with E-state index in [1.54, 1.807) is 0 Å². The molecule has 0 radical (unpaired) electrons. The number of carbonyl (C=O) groups is 1. The van der Waals surface area contributed by atoms with Crippen molar-refractivity contribution in [3.05, 3.63) is 54.6 Å². The number of fused-ring (bicyclic) bond motifs is 1. The summed E-state index contributed by atoms with van der Waals surface area (Å²) in [5.41, 5.74) is 2.06. The predicted molar refractivity (Wildman–Crippen MR) is 111 cm³/mol. The second kappa shape index (κ2) is 7.80. The van der Waals surface area contributed by atoms with Crippen molar-refractivity contribution >= 4 is 28.7 Å². The maximum Gasteiger partial charge on any atom is 0.222 e. The Bertz CT molecular complexity index is 910. The molecular formula is C21H26N4OS. The van der Waals surface area contributed by atoms with Crippen LogP contribution < -0.4 is 5.32 Å². The van der Waals surface area contributed by atoms with Crippen LogP contribution in [0.5, 0.6) is 0 Å². The molecule has 3 heterocycles. The number of para-hydroxylation sites is 2. The fourth-order valence-electron chi connectivity index (χ4n) is 4.02. The number of hydrogen-bond donors (Lipinski definition) is 1. The smallest absolute Gasteiger partial charge is 0.222 e. The molecule has 1 N–H and O–H groups in total. The molecule has 0 atom stereocenters. The van der Waals surface area contributed by atoms with Crippen molar-refractivity contribution in [2.75, 3.05) is 18.1 Å². The zero-order valence-electron chi connectivity index (χ0n) is 15.7. The molecule has 1 aliphatic heterocycles. The number of rotatable bonds is 6. The number of amides is 1. The van der Waals surface area contributed by atoms with Crippen LogP contribution >= 0.6 is 11.8 Å². The molecule has 5 nitrogen and oxygen atoms in total. The van der Waals surface area contributed by atoms with Gasteiger partial charge in [-0.15, -0.1) is 0 Å². The van der Waals surface area contributed by atoms with Crippen LogP contribution in [0, 0.1) is 0 Å². The molecule has 0 aliphatic carbocycles. The second-order valence-electron chi connectivity index (χ2n) is 7.28. The molecule has 1 saturated heterocycles. The maximum atomic E-state index is 12.7. The van der Waals surface area contributed by atoms with Gasteiger partial charge in [-0.1, -0.05) is 12.1 Å². The van der Waals surface area contributed by atoms with Gasteiger partial charge in [-0.3, -0.25) is 4.79 Å². The molecule has 1 fully saturated rings. The van der Waals surface area contributed by atoms with Crippen molar-refractivity contribution < 1.29 is 4.79 Å². The number of aromatic nitrogens is 3. The first-order valence-electron chi connectivity index (χ1n) is 9.56. The zero-order valence-corrected chi connectivity index (χ0v) is 16.5. The monoisotopic (exact) mass is 382 g/mol. The van der Waals surface area contributed by atoms with Crippen LogP contribution in [0.2, 0.25) is 0 Å². The highest BCUT2D eigenvalue weighted by atomic mass is 32.2. The van der Waals surface area contributed by atoms with E-state index in [1.807, 2.05) is 49.1 Å². The number of aryl methyl sites for hydroxylation is 1. The number of benzene rings is 1. The Balaban J connectivity index is 1.38. The van der Waals surface area contributed by atoms with Crippen LogP contribution in [0.25, 0.3) is 11.0 Å². The standard InChI is InChI=1S/C21H26N4OS/c1-24-18-7-3-2-6-17(18)23-19(24)8-11-22-20(26)16-21(9-14-27-15-10-21)25-12-4-5-13-25/h2-7,12-13H,8-11,14-16H2,1H3,(H,22,26). The van der Waals surface area contributed by atoms with Gasteiger partial charge in [-0.05, 0) is 48.6 Å². The first-order valence-corrected chi connectivity index (χ1v) is 10.7. The normalized spacial score (nSPS) is 16.5. The third kappa shape index (κ3) is 3.76. The minimum atomic E-state index is -0.0727. The molecule has 1 aliphatic rings. The molecule has 1 amide bonds. The summed E-state index contributed by atoms with van der Waals surface area (Å²) in [6.45, 7) is 0.618.